The van der Waals surface area contributed by atoms with E-state index in [2.05, 4.69) is 5.10 Å². The molecule has 1 aromatic carbocycles. The molecule has 0 aliphatic rings. The van der Waals surface area contributed by atoms with Gasteiger partial charge in [0.05, 0.1) is 15.7 Å². The Morgan fingerprint density at radius 2 is 2.00 bits per heavy atom. The number of benzene rings is 1. The van der Waals surface area contributed by atoms with Crippen molar-refractivity contribution in [2.45, 2.75) is 26.7 Å². The van der Waals surface area contributed by atoms with Crippen LogP contribution in [0, 0.1) is 13.8 Å². The first-order chi connectivity index (χ1) is 9.41. The summed E-state index contributed by atoms with van der Waals surface area (Å²) in [6.07, 6.45) is 1.06. The molecule has 0 N–H and O–H groups in total. The second-order valence-electron chi connectivity index (χ2n) is 4.80. The highest BCUT2D eigenvalue weighted by Crippen LogP contribution is 2.27. The zero-order valence-corrected chi connectivity index (χ0v) is 13.2. The molecule has 0 spiro atoms. The average Bonchev–Trinajstić information content (AvgIpc) is 2.64. The number of nitrogens with zero attached hydrogens (tertiary/aromatic N) is 2. The Morgan fingerprint density at radius 3 is 2.60 bits per heavy atom. The van der Waals surface area contributed by atoms with Crippen LogP contribution in [0.15, 0.2) is 18.2 Å². The Kier molecular flexibility index (Phi) is 4.51. The normalized spacial score (nSPS) is 10.8. The largest absolute Gasteiger partial charge is 0.294 e. The maximum atomic E-state index is 12.3. The van der Waals surface area contributed by atoms with Crippen molar-refractivity contribution >= 4 is 29.0 Å². The molecule has 1 heterocycles. The summed E-state index contributed by atoms with van der Waals surface area (Å²) in [4.78, 5) is 12.3. The molecule has 0 bridgehead atoms. The Balaban J connectivity index is 2.15. The second kappa shape index (κ2) is 5.98. The minimum Gasteiger partial charge on any atom is -0.294 e. The van der Waals surface area contributed by atoms with Crippen molar-refractivity contribution in [1.29, 1.82) is 0 Å². The fourth-order valence-corrected chi connectivity index (χ4v) is 2.68. The van der Waals surface area contributed by atoms with Gasteiger partial charge in [-0.05, 0) is 38.0 Å². The molecular weight excluding hydrogens is 295 g/mol. The third-order valence-electron chi connectivity index (χ3n) is 3.51. The molecule has 0 aliphatic carbocycles. The zero-order valence-electron chi connectivity index (χ0n) is 11.7. The van der Waals surface area contributed by atoms with Gasteiger partial charge in [-0.25, -0.2) is 0 Å². The van der Waals surface area contributed by atoms with Crippen LogP contribution in [-0.2, 0) is 13.5 Å². The average molecular weight is 311 g/mol. The third kappa shape index (κ3) is 2.89. The summed E-state index contributed by atoms with van der Waals surface area (Å²) in [7, 11) is 1.90. The van der Waals surface area contributed by atoms with Crippen LogP contribution >= 0.6 is 23.2 Å². The summed E-state index contributed by atoms with van der Waals surface area (Å²) < 4.78 is 1.83. The van der Waals surface area contributed by atoms with Crippen molar-refractivity contribution in [2.24, 2.45) is 7.05 Å². The first-order valence-corrected chi connectivity index (χ1v) is 7.13. The standard InChI is InChI=1S/C15H16Cl2N2O/c1-9-11(10(2)19(3)18-9)7-8-14(20)12-5-4-6-13(16)15(12)17/h4-6H,7-8H2,1-3H3. The summed E-state index contributed by atoms with van der Waals surface area (Å²) in [5.74, 6) is 0.000142. The SMILES string of the molecule is Cc1nn(C)c(C)c1CCC(=O)c1cccc(Cl)c1Cl. The third-order valence-corrected chi connectivity index (χ3v) is 4.33. The highest BCUT2D eigenvalue weighted by Gasteiger charge is 2.15. The summed E-state index contributed by atoms with van der Waals surface area (Å²) >= 11 is 12.0. The predicted molar refractivity (Wildman–Crippen MR) is 81.8 cm³/mol. The minimum absolute atomic E-state index is 0.000142. The number of hydrogen-bond acceptors (Lipinski definition) is 2. The van der Waals surface area contributed by atoms with Crippen LogP contribution in [0.1, 0.15) is 33.7 Å². The van der Waals surface area contributed by atoms with E-state index >= 15 is 0 Å². The number of aryl methyl sites for hydroxylation is 2. The van der Waals surface area contributed by atoms with Gasteiger partial charge in [0.1, 0.15) is 0 Å². The maximum Gasteiger partial charge on any atom is 0.164 e. The monoisotopic (exact) mass is 310 g/mol. The van der Waals surface area contributed by atoms with Crippen LogP contribution in [0.25, 0.3) is 0 Å². The number of carbonyl (C=O) groups excluding carboxylic acids is 1. The Labute approximate surface area is 128 Å². The number of aromatic nitrogens is 2. The summed E-state index contributed by atoms with van der Waals surface area (Å²) in [6.45, 7) is 3.96. The van der Waals surface area contributed by atoms with Crippen LogP contribution in [0.5, 0.6) is 0 Å². The second-order valence-corrected chi connectivity index (χ2v) is 5.58. The number of carbonyl (C=O) groups is 1. The lowest BCUT2D eigenvalue weighted by atomic mass is 10.0. The number of hydrogen-bond donors (Lipinski definition) is 0. The zero-order chi connectivity index (χ0) is 14.9. The first-order valence-electron chi connectivity index (χ1n) is 6.38. The van der Waals surface area contributed by atoms with Gasteiger partial charge >= 0.3 is 0 Å². The molecule has 0 amide bonds. The number of rotatable bonds is 4. The molecule has 0 saturated carbocycles. The first kappa shape index (κ1) is 15.1. The van der Waals surface area contributed by atoms with Gasteiger partial charge in [-0.1, -0.05) is 29.3 Å². The van der Waals surface area contributed by atoms with Gasteiger partial charge in [0, 0.05) is 24.7 Å². The smallest absolute Gasteiger partial charge is 0.164 e. The summed E-state index contributed by atoms with van der Waals surface area (Å²) in [5.41, 5.74) is 3.67. The van der Waals surface area contributed by atoms with E-state index < -0.39 is 0 Å². The van der Waals surface area contributed by atoms with Crippen LogP contribution < -0.4 is 0 Å². The molecule has 2 aromatic rings. The molecule has 5 heteroatoms. The van der Waals surface area contributed by atoms with Crippen molar-refractivity contribution < 1.29 is 4.79 Å². The highest BCUT2D eigenvalue weighted by molar-refractivity contribution is 6.43. The van der Waals surface area contributed by atoms with E-state index in [-0.39, 0.29) is 5.78 Å². The lowest BCUT2D eigenvalue weighted by Crippen LogP contribution is -2.03. The molecule has 0 fully saturated rings. The molecule has 0 atom stereocenters. The van der Waals surface area contributed by atoms with Crippen LogP contribution in [0.3, 0.4) is 0 Å². The molecule has 1 aromatic heterocycles. The minimum atomic E-state index is 0.000142. The van der Waals surface area contributed by atoms with Gasteiger partial charge in [0.2, 0.25) is 0 Å². The molecule has 2 rings (SSSR count). The summed E-state index contributed by atoms with van der Waals surface area (Å²) in [5, 5.41) is 5.09. The van der Waals surface area contributed by atoms with E-state index in [0.29, 0.717) is 28.5 Å². The number of ketones is 1. The quantitative estimate of drug-likeness (QED) is 0.795. The highest BCUT2D eigenvalue weighted by atomic mass is 35.5. The van der Waals surface area contributed by atoms with Gasteiger partial charge in [-0.2, -0.15) is 5.10 Å². The Morgan fingerprint density at radius 1 is 1.30 bits per heavy atom. The molecule has 0 unspecified atom stereocenters. The van der Waals surface area contributed by atoms with Crippen LogP contribution in [-0.4, -0.2) is 15.6 Å². The fourth-order valence-electron chi connectivity index (χ4n) is 2.27. The molecule has 0 radical (unpaired) electrons. The van der Waals surface area contributed by atoms with Crippen LogP contribution in [0.4, 0.5) is 0 Å². The van der Waals surface area contributed by atoms with Crippen molar-refractivity contribution in [3.05, 3.63) is 50.8 Å². The van der Waals surface area contributed by atoms with Crippen molar-refractivity contribution in [3.63, 3.8) is 0 Å². The molecule has 0 aliphatic heterocycles. The Hall–Kier alpha value is -1.32. The number of Topliss-reactive ketones (excluding diaryl/α,β-unsaturated/α-hetero) is 1. The number of halogens is 2. The van der Waals surface area contributed by atoms with E-state index in [1.165, 1.54) is 0 Å². The fraction of sp³-hybridized carbons (Fsp3) is 0.333. The molecule has 106 valence electrons. The van der Waals surface area contributed by atoms with Gasteiger partial charge in [-0.15, -0.1) is 0 Å². The van der Waals surface area contributed by atoms with E-state index in [0.717, 1.165) is 17.0 Å². The van der Waals surface area contributed by atoms with Gasteiger partial charge in [-0.3, -0.25) is 9.48 Å². The predicted octanol–water partition coefficient (Wildman–Crippen LogP) is 4.16. The maximum absolute atomic E-state index is 12.3. The van der Waals surface area contributed by atoms with E-state index in [4.69, 9.17) is 23.2 Å². The molecule has 20 heavy (non-hydrogen) atoms. The van der Waals surface area contributed by atoms with E-state index in [9.17, 15) is 4.79 Å². The molecule has 0 saturated heterocycles. The lowest BCUT2D eigenvalue weighted by Gasteiger charge is -2.05. The summed E-state index contributed by atoms with van der Waals surface area (Å²) in [6, 6.07) is 5.12. The molecular formula is C15H16Cl2N2O. The van der Waals surface area contributed by atoms with Crippen molar-refractivity contribution in [1.82, 2.24) is 9.78 Å². The van der Waals surface area contributed by atoms with Crippen LogP contribution in [0.2, 0.25) is 10.0 Å². The van der Waals surface area contributed by atoms with Gasteiger partial charge in [0.15, 0.2) is 5.78 Å². The Bertz CT molecular complexity index is 662. The van der Waals surface area contributed by atoms with Crippen molar-refractivity contribution in [2.75, 3.05) is 0 Å². The van der Waals surface area contributed by atoms with E-state index in [1.54, 1.807) is 18.2 Å². The van der Waals surface area contributed by atoms with Gasteiger partial charge in [0.25, 0.3) is 0 Å². The topological polar surface area (TPSA) is 34.9 Å². The lowest BCUT2D eigenvalue weighted by molar-refractivity contribution is 0.0983. The molecule has 3 nitrogen and oxygen atoms in total. The van der Waals surface area contributed by atoms with Crippen molar-refractivity contribution in [3.8, 4) is 0 Å². The van der Waals surface area contributed by atoms with E-state index in [1.807, 2.05) is 25.6 Å². The van der Waals surface area contributed by atoms with Gasteiger partial charge < -0.3 is 0 Å².